The first-order chi connectivity index (χ1) is 9.17. The van der Waals surface area contributed by atoms with Gasteiger partial charge in [-0.1, -0.05) is 26.7 Å². The summed E-state index contributed by atoms with van der Waals surface area (Å²) >= 11 is 0. The van der Waals surface area contributed by atoms with E-state index < -0.39 is 0 Å². The van der Waals surface area contributed by atoms with E-state index in [1.165, 1.54) is 6.42 Å². The predicted molar refractivity (Wildman–Crippen MR) is 77.9 cm³/mol. The molecule has 19 heavy (non-hydrogen) atoms. The first-order valence-corrected chi connectivity index (χ1v) is 7.81. The van der Waals surface area contributed by atoms with Gasteiger partial charge in [-0.2, -0.15) is 0 Å². The van der Waals surface area contributed by atoms with Crippen LogP contribution in [-0.4, -0.2) is 31.2 Å². The number of ether oxygens (including phenoxy) is 1. The van der Waals surface area contributed by atoms with Crippen molar-refractivity contribution in [1.82, 2.24) is 5.32 Å². The Morgan fingerprint density at radius 1 is 1.37 bits per heavy atom. The van der Waals surface area contributed by atoms with Crippen molar-refractivity contribution < 1.29 is 9.53 Å². The Bertz CT molecular complexity index is 249. The maximum atomic E-state index is 11.8. The molecule has 0 radical (unpaired) electrons. The van der Waals surface area contributed by atoms with Crippen molar-refractivity contribution >= 4 is 5.91 Å². The largest absolute Gasteiger partial charge is 0.378 e. The molecular weight excluding hydrogens is 240 g/mol. The highest BCUT2D eigenvalue weighted by molar-refractivity contribution is 5.75. The molecule has 1 rings (SSSR count). The summed E-state index contributed by atoms with van der Waals surface area (Å²) in [7, 11) is 0. The number of carbonyl (C=O) groups is 1. The highest BCUT2D eigenvalue weighted by Gasteiger charge is 2.17. The van der Waals surface area contributed by atoms with Crippen LogP contribution in [0.15, 0.2) is 0 Å². The second kappa shape index (κ2) is 9.32. The minimum atomic E-state index is 0.0740. The molecule has 0 aromatic heterocycles. The molecule has 0 saturated carbocycles. The summed E-state index contributed by atoms with van der Waals surface area (Å²) in [5.74, 6) is 0.609. The van der Waals surface area contributed by atoms with E-state index in [1.54, 1.807) is 0 Å². The van der Waals surface area contributed by atoms with Gasteiger partial charge in [0.2, 0.25) is 5.91 Å². The predicted octanol–water partition coefficient (Wildman–Crippen LogP) is 2.22. The Labute approximate surface area is 117 Å². The third-order valence-electron chi connectivity index (χ3n) is 4.16. The Morgan fingerprint density at radius 2 is 2.11 bits per heavy atom. The van der Waals surface area contributed by atoms with Crippen LogP contribution in [0.4, 0.5) is 0 Å². The minimum absolute atomic E-state index is 0.0740. The van der Waals surface area contributed by atoms with Gasteiger partial charge in [-0.25, -0.2) is 0 Å². The van der Waals surface area contributed by atoms with Crippen LogP contribution in [0.1, 0.15) is 58.8 Å². The lowest BCUT2D eigenvalue weighted by atomic mass is 9.95. The molecule has 1 amide bonds. The number of hydrogen-bond donors (Lipinski definition) is 2. The molecule has 1 aliphatic rings. The summed E-state index contributed by atoms with van der Waals surface area (Å²) in [6, 6.07) is 0.0740. The van der Waals surface area contributed by atoms with Crippen molar-refractivity contribution in [2.45, 2.75) is 70.9 Å². The van der Waals surface area contributed by atoms with Crippen LogP contribution in [0.25, 0.3) is 0 Å². The lowest BCUT2D eigenvalue weighted by Crippen LogP contribution is -2.42. The lowest BCUT2D eigenvalue weighted by Gasteiger charge is -2.23. The zero-order valence-electron chi connectivity index (χ0n) is 12.5. The maximum Gasteiger partial charge on any atom is 0.220 e. The first-order valence-electron chi connectivity index (χ1n) is 7.81. The quantitative estimate of drug-likeness (QED) is 0.711. The second-order valence-electron chi connectivity index (χ2n) is 5.57. The molecule has 0 bridgehead atoms. The average Bonchev–Trinajstić information content (AvgIpc) is 2.45. The molecular formula is C15H30N2O2. The minimum Gasteiger partial charge on any atom is -0.378 e. The highest BCUT2D eigenvalue weighted by Crippen LogP contribution is 2.16. The van der Waals surface area contributed by atoms with Crippen LogP contribution < -0.4 is 11.1 Å². The number of rotatable bonds is 8. The molecule has 0 spiro atoms. The van der Waals surface area contributed by atoms with E-state index in [9.17, 15) is 4.79 Å². The van der Waals surface area contributed by atoms with E-state index in [1.807, 2.05) is 0 Å². The third-order valence-corrected chi connectivity index (χ3v) is 4.16. The summed E-state index contributed by atoms with van der Waals surface area (Å²) < 4.78 is 5.62. The van der Waals surface area contributed by atoms with Crippen molar-refractivity contribution in [2.24, 2.45) is 11.7 Å². The molecule has 1 heterocycles. The van der Waals surface area contributed by atoms with Gasteiger partial charge in [0.1, 0.15) is 0 Å². The first kappa shape index (κ1) is 16.4. The number of nitrogens with one attached hydrogen (secondary N) is 1. The monoisotopic (exact) mass is 270 g/mol. The van der Waals surface area contributed by atoms with Crippen molar-refractivity contribution in [3.05, 3.63) is 0 Å². The van der Waals surface area contributed by atoms with Crippen LogP contribution in [-0.2, 0) is 9.53 Å². The van der Waals surface area contributed by atoms with Crippen LogP contribution >= 0.6 is 0 Å². The van der Waals surface area contributed by atoms with Gasteiger partial charge in [0.15, 0.2) is 0 Å². The summed E-state index contributed by atoms with van der Waals surface area (Å²) in [5.41, 5.74) is 6.09. The zero-order valence-corrected chi connectivity index (χ0v) is 12.5. The van der Waals surface area contributed by atoms with Gasteiger partial charge in [0, 0.05) is 25.6 Å². The highest BCUT2D eigenvalue weighted by atomic mass is 16.5. The van der Waals surface area contributed by atoms with E-state index in [0.717, 1.165) is 38.7 Å². The number of amides is 1. The zero-order chi connectivity index (χ0) is 14.1. The molecule has 1 saturated heterocycles. The smallest absolute Gasteiger partial charge is 0.220 e. The van der Waals surface area contributed by atoms with Crippen LogP contribution in [0.5, 0.6) is 0 Å². The van der Waals surface area contributed by atoms with Gasteiger partial charge in [0.25, 0.3) is 0 Å². The van der Waals surface area contributed by atoms with E-state index in [-0.39, 0.29) is 18.1 Å². The standard InChI is InChI=1S/C15H30N2O2/c1-3-12(4-2)14(16)11-17-15(18)9-8-13-7-5-6-10-19-13/h12-14H,3-11,16H2,1-2H3,(H,17,18). The summed E-state index contributed by atoms with van der Waals surface area (Å²) in [6.45, 7) is 5.75. The molecule has 2 atom stereocenters. The fourth-order valence-electron chi connectivity index (χ4n) is 2.71. The van der Waals surface area contributed by atoms with E-state index in [4.69, 9.17) is 10.5 Å². The second-order valence-corrected chi connectivity index (χ2v) is 5.57. The molecule has 112 valence electrons. The van der Waals surface area contributed by atoms with Crippen LogP contribution in [0.3, 0.4) is 0 Å². The normalized spacial score (nSPS) is 21.4. The third kappa shape index (κ3) is 6.39. The van der Waals surface area contributed by atoms with Gasteiger partial charge in [-0.05, 0) is 31.6 Å². The molecule has 4 nitrogen and oxygen atoms in total. The summed E-state index contributed by atoms with van der Waals surface area (Å²) in [6.07, 6.45) is 7.31. The number of nitrogens with two attached hydrogens (primary N) is 1. The Kier molecular flexibility index (Phi) is 8.07. The van der Waals surface area contributed by atoms with Gasteiger partial charge in [0.05, 0.1) is 6.10 Å². The molecule has 0 aromatic rings. The fourth-order valence-corrected chi connectivity index (χ4v) is 2.71. The number of carbonyl (C=O) groups excluding carboxylic acids is 1. The van der Waals surface area contributed by atoms with E-state index in [2.05, 4.69) is 19.2 Å². The molecule has 0 aliphatic carbocycles. The Balaban J connectivity index is 2.13. The summed E-state index contributed by atoms with van der Waals surface area (Å²) in [5, 5.41) is 2.95. The van der Waals surface area contributed by atoms with E-state index >= 15 is 0 Å². The summed E-state index contributed by atoms with van der Waals surface area (Å²) in [4.78, 5) is 11.8. The van der Waals surface area contributed by atoms with Gasteiger partial charge in [-0.15, -0.1) is 0 Å². The van der Waals surface area contributed by atoms with Crippen molar-refractivity contribution in [3.63, 3.8) is 0 Å². The van der Waals surface area contributed by atoms with E-state index in [0.29, 0.717) is 18.9 Å². The Morgan fingerprint density at radius 3 is 2.68 bits per heavy atom. The molecule has 0 aromatic carbocycles. The fraction of sp³-hybridized carbons (Fsp3) is 0.933. The molecule has 3 N–H and O–H groups in total. The molecule has 2 unspecified atom stereocenters. The topological polar surface area (TPSA) is 64.3 Å². The SMILES string of the molecule is CCC(CC)C(N)CNC(=O)CCC1CCCCO1. The molecule has 1 fully saturated rings. The van der Waals surface area contributed by atoms with Gasteiger partial charge < -0.3 is 15.8 Å². The van der Waals surface area contributed by atoms with Crippen LogP contribution in [0, 0.1) is 5.92 Å². The maximum absolute atomic E-state index is 11.8. The van der Waals surface area contributed by atoms with Gasteiger partial charge in [-0.3, -0.25) is 4.79 Å². The Hall–Kier alpha value is -0.610. The van der Waals surface area contributed by atoms with Crippen molar-refractivity contribution in [3.8, 4) is 0 Å². The number of hydrogen-bond acceptors (Lipinski definition) is 3. The average molecular weight is 270 g/mol. The van der Waals surface area contributed by atoms with Crippen molar-refractivity contribution in [2.75, 3.05) is 13.2 Å². The van der Waals surface area contributed by atoms with Crippen molar-refractivity contribution in [1.29, 1.82) is 0 Å². The lowest BCUT2D eigenvalue weighted by molar-refractivity contribution is -0.122. The molecule has 1 aliphatic heterocycles. The van der Waals surface area contributed by atoms with Crippen LogP contribution in [0.2, 0.25) is 0 Å². The van der Waals surface area contributed by atoms with Gasteiger partial charge >= 0.3 is 0 Å². The molecule has 4 heteroatoms.